The quantitative estimate of drug-likeness (QED) is 0.837. The van der Waals surface area contributed by atoms with E-state index in [1.54, 1.807) is 0 Å². The molecule has 1 aliphatic heterocycles. The molecule has 4 rings (SSSR count). The van der Waals surface area contributed by atoms with E-state index in [0.717, 1.165) is 18.2 Å². The van der Waals surface area contributed by atoms with Crippen LogP contribution < -0.4 is 4.90 Å². The number of hydrogen-bond acceptors (Lipinski definition) is 3. The first-order valence-electron chi connectivity index (χ1n) is 9.22. The summed E-state index contributed by atoms with van der Waals surface area (Å²) in [4.78, 5) is 5.03. The van der Waals surface area contributed by atoms with Crippen molar-refractivity contribution in [2.75, 3.05) is 18.0 Å². The molecule has 0 bridgehead atoms. The van der Waals surface area contributed by atoms with Crippen LogP contribution in [0, 0.1) is 5.92 Å². The van der Waals surface area contributed by atoms with Gasteiger partial charge in [0, 0.05) is 44.6 Å². The highest BCUT2D eigenvalue weighted by Crippen LogP contribution is 2.34. The molecular formula is C20H28N4. The van der Waals surface area contributed by atoms with Crippen molar-refractivity contribution in [3.8, 4) is 0 Å². The predicted molar refractivity (Wildman–Crippen MR) is 98.6 cm³/mol. The Kier molecular flexibility index (Phi) is 4.09. The van der Waals surface area contributed by atoms with E-state index < -0.39 is 0 Å². The first-order chi connectivity index (χ1) is 11.6. The van der Waals surface area contributed by atoms with E-state index >= 15 is 0 Å². The summed E-state index contributed by atoms with van der Waals surface area (Å²) >= 11 is 0. The van der Waals surface area contributed by atoms with Crippen molar-refractivity contribution in [3.63, 3.8) is 0 Å². The lowest BCUT2D eigenvalue weighted by Gasteiger charge is -2.32. The molecule has 0 saturated heterocycles. The number of benzene rings is 1. The standard InChI is InChI=1S/C20H28N4/c1-15(2)24(20-11-21-22(3)14-20)19-7-6-17-8-9-23(12-16-4-5-16)13-18(17)10-19/h6-7,10-11,14-16H,4-5,8-9,12-13H2,1-3H3. The highest BCUT2D eigenvalue weighted by molar-refractivity contribution is 5.64. The molecule has 24 heavy (non-hydrogen) atoms. The summed E-state index contributed by atoms with van der Waals surface area (Å²) in [5.74, 6) is 0.970. The van der Waals surface area contributed by atoms with E-state index in [1.807, 2.05) is 17.9 Å². The van der Waals surface area contributed by atoms with Crippen molar-refractivity contribution in [1.29, 1.82) is 0 Å². The van der Waals surface area contributed by atoms with Gasteiger partial charge in [0.05, 0.1) is 11.9 Å². The molecule has 0 spiro atoms. The van der Waals surface area contributed by atoms with Gasteiger partial charge in [0.15, 0.2) is 0 Å². The van der Waals surface area contributed by atoms with Crippen LogP contribution in [-0.4, -0.2) is 33.8 Å². The molecular weight excluding hydrogens is 296 g/mol. The van der Waals surface area contributed by atoms with Gasteiger partial charge in [-0.05, 0) is 62.3 Å². The van der Waals surface area contributed by atoms with Crippen LogP contribution in [0.3, 0.4) is 0 Å². The Labute approximate surface area is 145 Å². The average molecular weight is 324 g/mol. The summed E-state index contributed by atoms with van der Waals surface area (Å²) in [6.45, 7) is 8.11. The van der Waals surface area contributed by atoms with E-state index in [1.165, 1.54) is 49.2 Å². The van der Waals surface area contributed by atoms with E-state index in [2.05, 4.69) is 53.1 Å². The third-order valence-corrected chi connectivity index (χ3v) is 5.26. The van der Waals surface area contributed by atoms with Gasteiger partial charge in [-0.15, -0.1) is 0 Å². The molecule has 0 N–H and O–H groups in total. The van der Waals surface area contributed by atoms with Gasteiger partial charge >= 0.3 is 0 Å². The van der Waals surface area contributed by atoms with Crippen molar-refractivity contribution >= 4 is 11.4 Å². The Morgan fingerprint density at radius 1 is 1.21 bits per heavy atom. The topological polar surface area (TPSA) is 24.3 Å². The van der Waals surface area contributed by atoms with Gasteiger partial charge in [0.1, 0.15) is 0 Å². The van der Waals surface area contributed by atoms with Gasteiger partial charge in [0.25, 0.3) is 0 Å². The van der Waals surface area contributed by atoms with E-state index in [0.29, 0.717) is 6.04 Å². The number of rotatable bonds is 5. The molecule has 2 aliphatic rings. The highest BCUT2D eigenvalue weighted by Gasteiger charge is 2.26. The van der Waals surface area contributed by atoms with Crippen LogP contribution in [0.2, 0.25) is 0 Å². The number of aromatic nitrogens is 2. The van der Waals surface area contributed by atoms with Gasteiger partial charge in [-0.3, -0.25) is 9.58 Å². The maximum absolute atomic E-state index is 4.35. The van der Waals surface area contributed by atoms with Crippen LogP contribution >= 0.6 is 0 Å². The lowest BCUT2D eigenvalue weighted by Crippen LogP contribution is -2.32. The minimum Gasteiger partial charge on any atom is -0.336 e. The first-order valence-corrected chi connectivity index (χ1v) is 9.22. The van der Waals surface area contributed by atoms with Gasteiger partial charge in [0.2, 0.25) is 0 Å². The Balaban J connectivity index is 1.61. The van der Waals surface area contributed by atoms with Gasteiger partial charge in [-0.25, -0.2) is 0 Å². The Morgan fingerprint density at radius 3 is 2.71 bits per heavy atom. The van der Waals surface area contributed by atoms with Crippen LogP contribution in [0.25, 0.3) is 0 Å². The van der Waals surface area contributed by atoms with Crippen LogP contribution in [0.1, 0.15) is 37.8 Å². The molecule has 1 aliphatic carbocycles. The number of fused-ring (bicyclic) bond motifs is 1. The maximum Gasteiger partial charge on any atom is 0.0799 e. The molecule has 1 saturated carbocycles. The summed E-state index contributed by atoms with van der Waals surface area (Å²) in [5.41, 5.74) is 5.48. The van der Waals surface area contributed by atoms with Crippen molar-refractivity contribution in [3.05, 3.63) is 41.7 Å². The molecule has 0 radical (unpaired) electrons. The molecule has 0 unspecified atom stereocenters. The number of aryl methyl sites for hydroxylation is 1. The SMILES string of the molecule is CC(C)N(c1ccc2c(c1)CN(CC1CC1)CC2)c1cnn(C)c1. The zero-order valence-corrected chi connectivity index (χ0v) is 15.1. The Bertz CT molecular complexity index is 714. The van der Waals surface area contributed by atoms with E-state index in [9.17, 15) is 0 Å². The third kappa shape index (κ3) is 3.20. The fourth-order valence-electron chi connectivity index (χ4n) is 3.85. The summed E-state index contributed by atoms with van der Waals surface area (Å²) in [6.07, 6.45) is 8.12. The minimum atomic E-state index is 0.401. The highest BCUT2D eigenvalue weighted by atomic mass is 15.3. The summed E-state index contributed by atoms with van der Waals surface area (Å²) in [7, 11) is 1.98. The lowest BCUT2D eigenvalue weighted by atomic mass is 9.98. The minimum absolute atomic E-state index is 0.401. The van der Waals surface area contributed by atoms with Crippen molar-refractivity contribution < 1.29 is 0 Å². The summed E-state index contributed by atoms with van der Waals surface area (Å²) < 4.78 is 1.88. The number of nitrogens with zero attached hydrogens (tertiary/aromatic N) is 4. The second-order valence-corrected chi connectivity index (χ2v) is 7.72. The average Bonchev–Trinajstić information content (AvgIpc) is 3.26. The van der Waals surface area contributed by atoms with Crippen LogP contribution in [0.4, 0.5) is 11.4 Å². The summed E-state index contributed by atoms with van der Waals surface area (Å²) in [5, 5.41) is 4.35. The largest absolute Gasteiger partial charge is 0.336 e. The molecule has 1 aromatic carbocycles. The molecule has 0 atom stereocenters. The lowest BCUT2D eigenvalue weighted by molar-refractivity contribution is 0.244. The molecule has 4 nitrogen and oxygen atoms in total. The first kappa shape index (κ1) is 15.7. The Hall–Kier alpha value is -1.81. The summed E-state index contributed by atoms with van der Waals surface area (Å²) in [6, 6.07) is 7.42. The number of hydrogen-bond donors (Lipinski definition) is 0. The predicted octanol–water partition coefficient (Wildman–Crippen LogP) is 3.73. The van der Waals surface area contributed by atoms with Crippen molar-refractivity contribution in [2.45, 2.75) is 45.7 Å². The van der Waals surface area contributed by atoms with E-state index in [-0.39, 0.29) is 0 Å². The van der Waals surface area contributed by atoms with Crippen molar-refractivity contribution in [2.24, 2.45) is 13.0 Å². The third-order valence-electron chi connectivity index (χ3n) is 5.26. The van der Waals surface area contributed by atoms with Crippen LogP contribution in [-0.2, 0) is 20.0 Å². The maximum atomic E-state index is 4.35. The fraction of sp³-hybridized carbons (Fsp3) is 0.550. The number of anilines is 2. The van der Waals surface area contributed by atoms with Gasteiger partial charge < -0.3 is 4.90 Å². The van der Waals surface area contributed by atoms with Crippen LogP contribution in [0.15, 0.2) is 30.6 Å². The molecule has 2 aromatic rings. The monoisotopic (exact) mass is 324 g/mol. The second-order valence-electron chi connectivity index (χ2n) is 7.72. The van der Waals surface area contributed by atoms with E-state index in [4.69, 9.17) is 0 Å². The van der Waals surface area contributed by atoms with Crippen LogP contribution in [0.5, 0.6) is 0 Å². The molecule has 1 aromatic heterocycles. The molecule has 0 amide bonds. The molecule has 128 valence electrons. The Morgan fingerprint density at radius 2 is 2.04 bits per heavy atom. The zero-order chi connectivity index (χ0) is 16.7. The fourth-order valence-corrected chi connectivity index (χ4v) is 3.85. The smallest absolute Gasteiger partial charge is 0.0799 e. The molecule has 2 heterocycles. The molecule has 1 fully saturated rings. The van der Waals surface area contributed by atoms with Crippen molar-refractivity contribution in [1.82, 2.24) is 14.7 Å². The van der Waals surface area contributed by atoms with Gasteiger partial charge in [-0.1, -0.05) is 6.07 Å². The van der Waals surface area contributed by atoms with Gasteiger partial charge in [-0.2, -0.15) is 5.10 Å². The normalized spacial score (nSPS) is 18.0. The zero-order valence-electron chi connectivity index (χ0n) is 15.1. The second kappa shape index (κ2) is 6.25. The molecule has 4 heteroatoms.